The molecule has 1 aromatic rings. The van der Waals surface area contributed by atoms with Crippen molar-refractivity contribution in [2.75, 3.05) is 23.0 Å². The number of anilines is 3. The fourth-order valence-corrected chi connectivity index (χ4v) is 3.39. The molecule has 0 unspecified atom stereocenters. The van der Waals surface area contributed by atoms with E-state index in [9.17, 15) is 9.90 Å². The van der Waals surface area contributed by atoms with Crippen LogP contribution in [-0.4, -0.2) is 23.2 Å². The van der Waals surface area contributed by atoms with Crippen LogP contribution in [0.25, 0.3) is 0 Å². The second-order valence-electron chi connectivity index (χ2n) is 6.27. The number of carbonyl (C=O) groups excluding carboxylic acids is 1. The average Bonchev–Trinajstić information content (AvgIpc) is 2.49. The molecule has 1 aromatic carbocycles. The molecule has 1 aliphatic carbocycles. The van der Waals surface area contributed by atoms with Crippen LogP contribution in [0.5, 0.6) is 0 Å². The molecule has 1 heterocycles. The number of hydrogen-bond acceptors (Lipinski definition) is 4. The van der Waals surface area contributed by atoms with Crippen molar-refractivity contribution in [2.45, 2.75) is 50.5 Å². The summed E-state index contributed by atoms with van der Waals surface area (Å²) in [6.07, 6.45) is 6.69. The molecule has 114 valence electrons. The van der Waals surface area contributed by atoms with E-state index in [0.717, 1.165) is 49.0 Å². The summed E-state index contributed by atoms with van der Waals surface area (Å²) in [7, 11) is 0. The van der Waals surface area contributed by atoms with Gasteiger partial charge in [0.05, 0.1) is 23.5 Å². The lowest BCUT2D eigenvalue weighted by Gasteiger charge is -2.38. The van der Waals surface area contributed by atoms with E-state index in [0.29, 0.717) is 12.1 Å². The molecule has 5 nitrogen and oxygen atoms in total. The topological polar surface area (TPSA) is 87.4 Å². The highest BCUT2D eigenvalue weighted by Gasteiger charge is 2.32. The Morgan fingerprint density at radius 3 is 2.71 bits per heavy atom. The SMILES string of the molecule is Nc1cc2c(cc1NC1(CO)CCCCC1)CCC(=O)N2. The number of amides is 1. The maximum Gasteiger partial charge on any atom is 0.224 e. The van der Waals surface area contributed by atoms with Gasteiger partial charge in [-0.1, -0.05) is 19.3 Å². The smallest absolute Gasteiger partial charge is 0.224 e. The van der Waals surface area contributed by atoms with E-state index in [-0.39, 0.29) is 18.1 Å². The number of carbonyl (C=O) groups is 1. The summed E-state index contributed by atoms with van der Waals surface area (Å²) in [5.74, 6) is 0.0433. The van der Waals surface area contributed by atoms with Gasteiger partial charge in [0.1, 0.15) is 0 Å². The Hall–Kier alpha value is -1.75. The zero-order valence-electron chi connectivity index (χ0n) is 12.2. The van der Waals surface area contributed by atoms with Crippen LogP contribution in [0.15, 0.2) is 12.1 Å². The third kappa shape index (κ3) is 2.83. The van der Waals surface area contributed by atoms with Crippen molar-refractivity contribution in [3.05, 3.63) is 17.7 Å². The van der Waals surface area contributed by atoms with Crippen LogP contribution >= 0.6 is 0 Å². The molecule has 0 saturated heterocycles. The zero-order chi connectivity index (χ0) is 14.9. The van der Waals surface area contributed by atoms with Crippen LogP contribution in [-0.2, 0) is 11.2 Å². The van der Waals surface area contributed by atoms with Crippen molar-refractivity contribution in [2.24, 2.45) is 0 Å². The fourth-order valence-electron chi connectivity index (χ4n) is 3.39. The number of rotatable bonds is 3. The van der Waals surface area contributed by atoms with Crippen LogP contribution < -0.4 is 16.4 Å². The number of aliphatic hydroxyl groups is 1. The Bertz CT molecular complexity index is 551. The quantitative estimate of drug-likeness (QED) is 0.643. The molecule has 1 amide bonds. The van der Waals surface area contributed by atoms with E-state index in [4.69, 9.17) is 5.73 Å². The van der Waals surface area contributed by atoms with Gasteiger partial charge in [0, 0.05) is 12.1 Å². The van der Waals surface area contributed by atoms with Gasteiger partial charge in [-0.25, -0.2) is 0 Å². The highest BCUT2D eigenvalue weighted by Crippen LogP contribution is 2.36. The number of aryl methyl sites for hydroxylation is 1. The van der Waals surface area contributed by atoms with Gasteiger partial charge in [-0.2, -0.15) is 0 Å². The zero-order valence-corrected chi connectivity index (χ0v) is 12.2. The summed E-state index contributed by atoms with van der Waals surface area (Å²) in [5, 5.41) is 16.2. The molecule has 3 rings (SSSR count). The Balaban J connectivity index is 1.86. The molecule has 0 atom stereocenters. The first-order valence-corrected chi connectivity index (χ1v) is 7.73. The van der Waals surface area contributed by atoms with Crippen molar-refractivity contribution in [3.8, 4) is 0 Å². The van der Waals surface area contributed by atoms with Gasteiger partial charge < -0.3 is 21.5 Å². The minimum absolute atomic E-state index is 0.0433. The van der Waals surface area contributed by atoms with E-state index < -0.39 is 0 Å². The lowest BCUT2D eigenvalue weighted by Crippen LogP contribution is -2.44. The second kappa shape index (κ2) is 5.56. The Morgan fingerprint density at radius 2 is 2.00 bits per heavy atom. The van der Waals surface area contributed by atoms with Crippen molar-refractivity contribution in [1.82, 2.24) is 0 Å². The lowest BCUT2D eigenvalue weighted by molar-refractivity contribution is -0.116. The second-order valence-corrected chi connectivity index (χ2v) is 6.27. The first-order valence-electron chi connectivity index (χ1n) is 7.73. The van der Waals surface area contributed by atoms with E-state index >= 15 is 0 Å². The molecule has 5 heteroatoms. The van der Waals surface area contributed by atoms with Crippen LogP contribution in [0.1, 0.15) is 44.1 Å². The lowest BCUT2D eigenvalue weighted by atomic mass is 9.82. The molecule has 2 aliphatic rings. The Labute approximate surface area is 124 Å². The van der Waals surface area contributed by atoms with Gasteiger partial charge in [0.25, 0.3) is 0 Å². The Kier molecular flexibility index (Phi) is 3.76. The molecule has 5 N–H and O–H groups in total. The molecular formula is C16H23N3O2. The average molecular weight is 289 g/mol. The summed E-state index contributed by atoms with van der Waals surface area (Å²) >= 11 is 0. The normalized spacial score (nSPS) is 20.5. The summed E-state index contributed by atoms with van der Waals surface area (Å²) < 4.78 is 0. The predicted molar refractivity (Wildman–Crippen MR) is 84.3 cm³/mol. The fraction of sp³-hybridized carbons (Fsp3) is 0.562. The number of fused-ring (bicyclic) bond motifs is 1. The number of hydrogen-bond donors (Lipinski definition) is 4. The molecule has 0 bridgehead atoms. The molecule has 1 saturated carbocycles. The van der Waals surface area contributed by atoms with Gasteiger partial charge >= 0.3 is 0 Å². The monoisotopic (exact) mass is 289 g/mol. The third-order valence-electron chi connectivity index (χ3n) is 4.68. The molecule has 0 aromatic heterocycles. The first kappa shape index (κ1) is 14.2. The summed E-state index contributed by atoms with van der Waals surface area (Å²) in [5.41, 5.74) is 9.29. The van der Waals surface area contributed by atoms with E-state index in [1.165, 1.54) is 6.42 Å². The number of nitrogens with two attached hydrogens (primary N) is 1. The number of nitrogens with one attached hydrogen (secondary N) is 2. The van der Waals surface area contributed by atoms with Gasteiger partial charge in [-0.05, 0) is 37.0 Å². The third-order valence-corrected chi connectivity index (χ3v) is 4.68. The van der Waals surface area contributed by atoms with Crippen molar-refractivity contribution >= 4 is 23.0 Å². The highest BCUT2D eigenvalue weighted by molar-refractivity contribution is 5.95. The summed E-state index contributed by atoms with van der Waals surface area (Å²) in [6.45, 7) is 0.125. The minimum atomic E-state index is -0.251. The molecule has 0 spiro atoms. The van der Waals surface area contributed by atoms with Crippen LogP contribution in [0.2, 0.25) is 0 Å². The van der Waals surface area contributed by atoms with Gasteiger partial charge in [0.15, 0.2) is 0 Å². The number of nitrogen functional groups attached to an aromatic ring is 1. The van der Waals surface area contributed by atoms with Gasteiger partial charge in [0.2, 0.25) is 5.91 Å². The first-order chi connectivity index (χ1) is 10.1. The molecule has 1 aliphatic heterocycles. The number of benzene rings is 1. The molecule has 1 fully saturated rings. The molecule has 21 heavy (non-hydrogen) atoms. The number of aliphatic hydroxyl groups excluding tert-OH is 1. The maximum atomic E-state index is 11.4. The summed E-state index contributed by atoms with van der Waals surface area (Å²) in [4.78, 5) is 11.4. The predicted octanol–water partition coefficient (Wildman–Crippen LogP) is 2.26. The van der Waals surface area contributed by atoms with Crippen molar-refractivity contribution in [1.29, 1.82) is 0 Å². The maximum absolute atomic E-state index is 11.4. The van der Waals surface area contributed by atoms with E-state index in [1.54, 1.807) is 0 Å². The summed E-state index contributed by atoms with van der Waals surface area (Å²) in [6, 6.07) is 3.85. The van der Waals surface area contributed by atoms with Gasteiger partial charge in [-0.3, -0.25) is 4.79 Å². The minimum Gasteiger partial charge on any atom is -0.397 e. The van der Waals surface area contributed by atoms with E-state index in [1.807, 2.05) is 12.1 Å². The van der Waals surface area contributed by atoms with Crippen LogP contribution in [0, 0.1) is 0 Å². The van der Waals surface area contributed by atoms with Crippen LogP contribution in [0.3, 0.4) is 0 Å². The van der Waals surface area contributed by atoms with Crippen LogP contribution in [0.4, 0.5) is 17.1 Å². The largest absolute Gasteiger partial charge is 0.397 e. The molecular weight excluding hydrogens is 266 g/mol. The standard InChI is InChI=1S/C16H23N3O2/c17-12-9-13-11(4-5-15(21)18-13)8-14(12)19-16(10-20)6-2-1-3-7-16/h8-9,19-20H,1-7,10,17H2,(H,18,21). The Morgan fingerprint density at radius 1 is 1.24 bits per heavy atom. The van der Waals surface area contributed by atoms with Crippen molar-refractivity contribution in [3.63, 3.8) is 0 Å². The van der Waals surface area contributed by atoms with E-state index in [2.05, 4.69) is 10.6 Å². The highest BCUT2D eigenvalue weighted by atomic mass is 16.3. The van der Waals surface area contributed by atoms with Crippen molar-refractivity contribution < 1.29 is 9.90 Å². The molecule has 0 radical (unpaired) electrons. The van der Waals surface area contributed by atoms with Gasteiger partial charge in [-0.15, -0.1) is 0 Å².